The fourth-order valence-corrected chi connectivity index (χ4v) is 2.78. The molecule has 0 saturated carbocycles. The Hall–Kier alpha value is -1.92. The predicted octanol–water partition coefficient (Wildman–Crippen LogP) is 3.26. The fraction of sp³-hybridized carbons (Fsp3) is 0.286. The molecule has 0 aliphatic heterocycles. The summed E-state index contributed by atoms with van der Waals surface area (Å²) in [7, 11) is 1.56. The van der Waals surface area contributed by atoms with Crippen molar-refractivity contribution in [3.8, 4) is 5.75 Å². The van der Waals surface area contributed by atoms with E-state index in [0.717, 1.165) is 12.1 Å². The van der Waals surface area contributed by atoms with Gasteiger partial charge < -0.3 is 10.1 Å². The molecule has 2 rings (SSSR count). The van der Waals surface area contributed by atoms with E-state index in [4.69, 9.17) is 4.74 Å². The fourth-order valence-electron chi connectivity index (χ4n) is 1.92. The smallest absolute Gasteiger partial charge is 0.270 e. The van der Waals surface area contributed by atoms with Crippen molar-refractivity contribution in [2.75, 3.05) is 7.11 Å². The van der Waals surface area contributed by atoms with Crippen LogP contribution in [0.25, 0.3) is 0 Å². The summed E-state index contributed by atoms with van der Waals surface area (Å²) in [5.74, 6) is 0.658. The second-order valence-electron chi connectivity index (χ2n) is 4.37. The first-order valence-electron chi connectivity index (χ1n) is 6.17. The molecule has 1 aromatic heterocycles. The predicted molar refractivity (Wildman–Crippen MR) is 79.2 cm³/mol. The average molecular weight is 292 g/mol. The largest absolute Gasteiger partial charge is 0.496 e. The van der Waals surface area contributed by atoms with Gasteiger partial charge in [0, 0.05) is 40.5 Å². The highest BCUT2D eigenvalue weighted by Crippen LogP contribution is 2.24. The molecule has 0 radical (unpaired) electrons. The Balaban J connectivity index is 2.03. The van der Waals surface area contributed by atoms with Gasteiger partial charge in [-0.15, -0.1) is 11.3 Å². The minimum atomic E-state index is -0.397. The topological polar surface area (TPSA) is 64.4 Å². The monoisotopic (exact) mass is 292 g/mol. The van der Waals surface area contributed by atoms with Crippen LogP contribution in [0.2, 0.25) is 0 Å². The zero-order valence-electron chi connectivity index (χ0n) is 11.4. The first-order valence-corrected chi connectivity index (χ1v) is 6.99. The molecule has 1 N–H and O–H groups in total. The Kier molecular flexibility index (Phi) is 4.70. The minimum Gasteiger partial charge on any atom is -0.496 e. The van der Waals surface area contributed by atoms with Gasteiger partial charge in [0.15, 0.2) is 0 Å². The van der Waals surface area contributed by atoms with Gasteiger partial charge in [0.1, 0.15) is 5.75 Å². The third-order valence-electron chi connectivity index (χ3n) is 2.89. The summed E-state index contributed by atoms with van der Waals surface area (Å²) in [5.41, 5.74) is 0.865. The maximum Gasteiger partial charge on any atom is 0.270 e. The van der Waals surface area contributed by atoms with Gasteiger partial charge in [-0.05, 0) is 25.1 Å². The number of thiophene rings is 1. The maximum absolute atomic E-state index is 10.8. The number of benzene rings is 1. The molecule has 0 atom stereocenters. The molecule has 1 aromatic carbocycles. The zero-order valence-corrected chi connectivity index (χ0v) is 12.2. The lowest BCUT2D eigenvalue weighted by atomic mass is 10.1. The molecule has 2 aromatic rings. The van der Waals surface area contributed by atoms with E-state index >= 15 is 0 Å². The number of nitrogens with one attached hydrogen (secondary N) is 1. The van der Waals surface area contributed by atoms with Crippen molar-refractivity contribution < 1.29 is 9.66 Å². The minimum absolute atomic E-state index is 0.0783. The number of hydrogen-bond acceptors (Lipinski definition) is 5. The summed E-state index contributed by atoms with van der Waals surface area (Å²) >= 11 is 1.74. The summed E-state index contributed by atoms with van der Waals surface area (Å²) in [4.78, 5) is 12.9. The molecule has 0 aliphatic carbocycles. The summed E-state index contributed by atoms with van der Waals surface area (Å²) in [6.45, 7) is 3.34. The van der Waals surface area contributed by atoms with Crippen molar-refractivity contribution in [3.05, 3.63) is 55.8 Å². The van der Waals surface area contributed by atoms with E-state index in [1.165, 1.54) is 15.8 Å². The van der Waals surface area contributed by atoms with Gasteiger partial charge in [0.05, 0.1) is 12.0 Å². The van der Waals surface area contributed by atoms with Crippen LogP contribution >= 0.6 is 11.3 Å². The van der Waals surface area contributed by atoms with Gasteiger partial charge in [-0.2, -0.15) is 0 Å². The molecule has 1 heterocycles. The Morgan fingerprint density at radius 1 is 1.30 bits per heavy atom. The zero-order chi connectivity index (χ0) is 14.5. The Labute approximate surface area is 121 Å². The second-order valence-corrected chi connectivity index (χ2v) is 5.74. The lowest BCUT2D eigenvalue weighted by Crippen LogP contribution is -2.12. The summed E-state index contributed by atoms with van der Waals surface area (Å²) in [6.07, 6.45) is 0. The van der Waals surface area contributed by atoms with E-state index in [1.807, 2.05) is 0 Å². The van der Waals surface area contributed by atoms with E-state index in [2.05, 4.69) is 24.4 Å². The number of ether oxygens (including phenoxy) is 1. The lowest BCUT2D eigenvalue weighted by Gasteiger charge is -2.09. The Morgan fingerprint density at radius 3 is 2.70 bits per heavy atom. The van der Waals surface area contributed by atoms with Crippen molar-refractivity contribution >= 4 is 17.0 Å². The number of nitrogens with zero attached hydrogens (tertiary/aromatic N) is 1. The number of aryl methyl sites for hydroxylation is 1. The normalized spacial score (nSPS) is 10.5. The highest BCUT2D eigenvalue weighted by Gasteiger charge is 2.11. The molecule has 0 amide bonds. The van der Waals surface area contributed by atoms with Crippen LogP contribution < -0.4 is 10.1 Å². The molecule has 0 spiro atoms. The lowest BCUT2D eigenvalue weighted by molar-refractivity contribution is -0.384. The van der Waals surface area contributed by atoms with Gasteiger partial charge in [-0.3, -0.25) is 10.1 Å². The van der Waals surface area contributed by atoms with E-state index in [1.54, 1.807) is 30.6 Å². The van der Waals surface area contributed by atoms with Crippen LogP contribution in [0.4, 0.5) is 5.69 Å². The maximum atomic E-state index is 10.8. The van der Waals surface area contributed by atoms with Gasteiger partial charge >= 0.3 is 0 Å². The third-order valence-corrected chi connectivity index (χ3v) is 3.89. The second kappa shape index (κ2) is 6.49. The summed E-state index contributed by atoms with van der Waals surface area (Å²) in [5, 5.41) is 14.1. The molecule has 106 valence electrons. The van der Waals surface area contributed by atoms with Gasteiger partial charge in [-0.1, -0.05) is 0 Å². The number of methoxy groups -OCH3 is 1. The van der Waals surface area contributed by atoms with E-state index in [0.29, 0.717) is 12.3 Å². The summed E-state index contributed by atoms with van der Waals surface area (Å²) < 4.78 is 5.23. The number of hydrogen-bond donors (Lipinski definition) is 1. The van der Waals surface area contributed by atoms with Crippen LogP contribution in [0.3, 0.4) is 0 Å². The van der Waals surface area contributed by atoms with E-state index in [9.17, 15) is 10.1 Å². The first-order chi connectivity index (χ1) is 9.60. The summed E-state index contributed by atoms with van der Waals surface area (Å²) in [6, 6.07) is 8.79. The number of nitro benzene ring substituents is 1. The van der Waals surface area contributed by atoms with Crippen molar-refractivity contribution in [1.29, 1.82) is 0 Å². The highest BCUT2D eigenvalue weighted by molar-refractivity contribution is 7.11. The van der Waals surface area contributed by atoms with Crippen molar-refractivity contribution in [1.82, 2.24) is 5.32 Å². The van der Waals surface area contributed by atoms with Crippen molar-refractivity contribution in [3.63, 3.8) is 0 Å². The molecule has 0 bridgehead atoms. The van der Waals surface area contributed by atoms with Gasteiger partial charge in [0.25, 0.3) is 5.69 Å². The van der Waals surface area contributed by atoms with Crippen LogP contribution in [-0.4, -0.2) is 12.0 Å². The average Bonchev–Trinajstić information content (AvgIpc) is 2.84. The standard InChI is InChI=1S/C14H16N2O3S/c1-10-3-5-13(20-10)9-15-8-11-7-12(16(17)18)4-6-14(11)19-2/h3-7,15H,8-9H2,1-2H3. The Morgan fingerprint density at radius 2 is 2.10 bits per heavy atom. The van der Waals surface area contributed by atoms with E-state index < -0.39 is 4.92 Å². The molecule has 0 fully saturated rings. The van der Waals surface area contributed by atoms with Gasteiger partial charge in [0.2, 0.25) is 0 Å². The van der Waals surface area contributed by atoms with Crippen LogP contribution in [0.1, 0.15) is 15.3 Å². The molecule has 0 saturated heterocycles. The molecule has 20 heavy (non-hydrogen) atoms. The van der Waals surface area contributed by atoms with Crippen molar-refractivity contribution in [2.45, 2.75) is 20.0 Å². The van der Waals surface area contributed by atoms with Gasteiger partial charge in [-0.25, -0.2) is 0 Å². The molecular weight excluding hydrogens is 276 g/mol. The number of non-ortho nitro benzene ring substituents is 1. The molecule has 5 nitrogen and oxygen atoms in total. The number of nitro groups is 1. The Bertz CT molecular complexity index is 610. The molecule has 6 heteroatoms. The van der Waals surface area contributed by atoms with E-state index in [-0.39, 0.29) is 5.69 Å². The highest BCUT2D eigenvalue weighted by atomic mass is 32.1. The molecule has 0 unspecified atom stereocenters. The van der Waals surface area contributed by atoms with Crippen LogP contribution in [-0.2, 0) is 13.1 Å². The quantitative estimate of drug-likeness (QED) is 0.655. The first kappa shape index (κ1) is 14.5. The van der Waals surface area contributed by atoms with Crippen LogP contribution in [0.5, 0.6) is 5.75 Å². The number of rotatable bonds is 6. The van der Waals surface area contributed by atoms with Crippen LogP contribution in [0, 0.1) is 17.0 Å². The van der Waals surface area contributed by atoms with Crippen LogP contribution in [0.15, 0.2) is 30.3 Å². The molecule has 0 aliphatic rings. The third kappa shape index (κ3) is 3.55. The molecular formula is C14H16N2O3S. The SMILES string of the molecule is COc1ccc([N+](=O)[O-])cc1CNCc1ccc(C)s1. The van der Waals surface area contributed by atoms with Crippen molar-refractivity contribution in [2.24, 2.45) is 0 Å².